The molecule has 0 aliphatic carbocycles. The van der Waals surface area contributed by atoms with Gasteiger partial charge in [0, 0.05) is 18.1 Å². The van der Waals surface area contributed by atoms with Gasteiger partial charge in [0.15, 0.2) is 0 Å². The van der Waals surface area contributed by atoms with Crippen LogP contribution in [0, 0.1) is 0 Å². The van der Waals surface area contributed by atoms with Crippen molar-refractivity contribution in [1.82, 2.24) is 9.88 Å². The van der Waals surface area contributed by atoms with E-state index in [-0.39, 0.29) is 5.97 Å². The molecule has 14 heavy (non-hydrogen) atoms. The molecular weight excluding hydrogens is 180 g/mol. The van der Waals surface area contributed by atoms with Crippen LogP contribution in [0.4, 0.5) is 0 Å². The van der Waals surface area contributed by atoms with Crippen LogP contribution in [-0.4, -0.2) is 29.5 Å². The van der Waals surface area contributed by atoms with Gasteiger partial charge in [0.05, 0.1) is 13.7 Å². The van der Waals surface area contributed by atoms with Crippen LogP contribution in [0.3, 0.4) is 0 Å². The van der Waals surface area contributed by atoms with E-state index >= 15 is 0 Å². The summed E-state index contributed by atoms with van der Waals surface area (Å²) in [6.45, 7) is 1.03. The van der Waals surface area contributed by atoms with Crippen LogP contribution in [0.25, 0.3) is 6.08 Å². The largest absolute Gasteiger partial charge is 0.468 e. The van der Waals surface area contributed by atoms with Crippen molar-refractivity contribution in [2.45, 2.75) is 6.54 Å². The van der Waals surface area contributed by atoms with Crippen LogP contribution < -0.4 is 0 Å². The number of ether oxygens (including phenoxy) is 1. The molecule has 2 rings (SSSR count). The van der Waals surface area contributed by atoms with Crippen LogP contribution in [0.15, 0.2) is 18.5 Å². The summed E-state index contributed by atoms with van der Waals surface area (Å²) in [5, 5.41) is 0. The lowest BCUT2D eigenvalue weighted by atomic mass is 10.2. The molecule has 1 N–H and O–H groups in total. The second kappa shape index (κ2) is 3.57. The van der Waals surface area contributed by atoms with Gasteiger partial charge in [-0.05, 0) is 17.7 Å². The number of aromatic nitrogens is 1. The second-order valence-corrected chi connectivity index (χ2v) is 3.21. The van der Waals surface area contributed by atoms with Crippen LogP contribution >= 0.6 is 0 Å². The molecule has 1 aromatic heterocycles. The molecule has 2 heterocycles. The Kier molecular flexibility index (Phi) is 2.26. The van der Waals surface area contributed by atoms with Gasteiger partial charge >= 0.3 is 5.97 Å². The lowest BCUT2D eigenvalue weighted by Crippen LogP contribution is -2.27. The van der Waals surface area contributed by atoms with Gasteiger partial charge in [0.25, 0.3) is 0 Å². The summed E-state index contributed by atoms with van der Waals surface area (Å²) in [6.07, 6.45) is 5.79. The fourth-order valence-corrected chi connectivity index (χ4v) is 1.49. The zero-order valence-electron chi connectivity index (χ0n) is 7.99. The van der Waals surface area contributed by atoms with Crippen LogP contribution in [0.2, 0.25) is 0 Å². The van der Waals surface area contributed by atoms with E-state index in [0.717, 1.165) is 12.2 Å². The predicted molar refractivity (Wildman–Crippen MR) is 52.3 cm³/mol. The molecule has 0 bridgehead atoms. The highest BCUT2D eigenvalue weighted by molar-refractivity contribution is 5.72. The topological polar surface area (TPSA) is 45.3 Å². The van der Waals surface area contributed by atoms with Gasteiger partial charge < -0.3 is 14.6 Å². The Balaban J connectivity index is 2.04. The maximum atomic E-state index is 11.0. The Hall–Kier alpha value is -1.71. The van der Waals surface area contributed by atoms with Gasteiger partial charge in [0.1, 0.15) is 6.54 Å². The monoisotopic (exact) mass is 192 g/mol. The number of esters is 1. The predicted octanol–water partition coefficient (Wildman–Crippen LogP) is 0.974. The maximum Gasteiger partial charge on any atom is 0.325 e. The van der Waals surface area contributed by atoms with Crippen molar-refractivity contribution in [3.63, 3.8) is 0 Å². The third-order valence-corrected chi connectivity index (χ3v) is 2.25. The Morgan fingerprint density at radius 2 is 2.57 bits per heavy atom. The number of nitrogens with zero attached hydrogens (tertiary/aromatic N) is 1. The molecule has 1 aliphatic rings. The fourth-order valence-electron chi connectivity index (χ4n) is 1.49. The smallest absolute Gasteiger partial charge is 0.325 e. The maximum absolute atomic E-state index is 11.0. The molecule has 0 saturated carbocycles. The summed E-state index contributed by atoms with van der Waals surface area (Å²) in [7, 11) is 1.40. The normalized spacial score (nSPS) is 13.9. The van der Waals surface area contributed by atoms with Crippen LogP contribution in [-0.2, 0) is 16.1 Å². The summed E-state index contributed by atoms with van der Waals surface area (Å²) >= 11 is 0. The Morgan fingerprint density at radius 3 is 3.36 bits per heavy atom. The van der Waals surface area contributed by atoms with Crippen molar-refractivity contribution in [2.75, 3.05) is 13.7 Å². The third kappa shape index (κ3) is 1.64. The molecule has 1 aromatic rings. The van der Waals surface area contributed by atoms with Gasteiger partial charge in [-0.3, -0.25) is 4.79 Å². The quantitative estimate of drug-likeness (QED) is 0.710. The van der Waals surface area contributed by atoms with Crippen LogP contribution in [0.1, 0.15) is 11.3 Å². The van der Waals surface area contributed by atoms with Crippen molar-refractivity contribution in [3.05, 3.63) is 29.7 Å². The fraction of sp³-hybridized carbons (Fsp3) is 0.300. The van der Waals surface area contributed by atoms with Crippen molar-refractivity contribution < 1.29 is 9.53 Å². The molecule has 4 nitrogen and oxygen atoms in total. The van der Waals surface area contributed by atoms with Gasteiger partial charge in [0.2, 0.25) is 0 Å². The average molecular weight is 192 g/mol. The lowest BCUT2D eigenvalue weighted by molar-refractivity contribution is -0.141. The van der Waals surface area contributed by atoms with Gasteiger partial charge in [-0.1, -0.05) is 0 Å². The first-order valence-corrected chi connectivity index (χ1v) is 4.45. The number of aromatic amines is 1. The first kappa shape index (κ1) is 8.87. The van der Waals surface area contributed by atoms with Crippen molar-refractivity contribution >= 4 is 12.0 Å². The van der Waals surface area contributed by atoms with E-state index in [0.29, 0.717) is 6.54 Å². The third-order valence-electron chi connectivity index (χ3n) is 2.25. The van der Waals surface area contributed by atoms with Gasteiger partial charge in [-0.2, -0.15) is 0 Å². The molecule has 74 valence electrons. The Bertz CT molecular complexity index is 368. The first-order valence-electron chi connectivity index (χ1n) is 4.45. The highest BCUT2D eigenvalue weighted by Crippen LogP contribution is 2.17. The van der Waals surface area contributed by atoms with Gasteiger partial charge in [-0.15, -0.1) is 0 Å². The SMILES string of the molecule is COC(=O)CN1C=Cc2cc[nH]c2C1. The van der Waals surface area contributed by atoms with Gasteiger partial charge in [-0.25, -0.2) is 0 Å². The summed E-state index contributed by atoms with van der Waals surface area (Å²) < 4.78 is 4.60. The molecule has 0 aromatic carbocycles. The number of rotatable bonds is 2. The number of carbonyl (C=O) groups excluding carboxylic acids is 1. The number of carbonyl (C=O) groups is 1. The van der Waals surface area contributed by atoms with E-state index in [1.54, 1.807) is 0 Å². The number of fused-ring (bicyclic) bond motifs is 1. The molecule has 0 unspecified atom stereocenters. The Morgan fingerprint density at radius 1 is 1.71 bits per heavy atom. The molecule has 0 radical (unpaired) electrons. The molecule has 0 atom stereocenters. The highest BCUT2D eigenvalue weighted by atomic mass is 16.5. The highest BCUT2D eigenvalue weighted by Gasteiger charge is 2.13. The second-order valence-electron chi connectivity index (χ2n) is 3.21. The molecule has 0 spiro atoms. The summed E-state index contributed by atoms with van der Waals surface area (Å²) in [4.78, 5) is 16.1. The number of nitrogens with one attached hydrogen (secondary N) is 1. The molecule has 0 saturated heterocycles. The molecule has 4 heteroatoms. The summed E-state index contributed by atoms with van der Waals surface area (Å²) in [6, 6.07) is 2.02. The van der Waals surface area contributed by atoms with Crippen molar-refractivity contribution in [1.29, 1.82) is 0 Å². The van der Waals surface area contributed by atoms with Crippen molar-refractivity contribution in [3.8, 4) is 0 Å². The van der Waals surface area contributed by atoms with Crippen LogP contribution in [0.5, 0.6) is 0 Å². The van der Waals surface area contributed by atoms with Crippen molar-refractivity contribution in [2.24, 2.45) is 0 Å². The van der Waals surface area contributed by atoms with E-state index in [9.17, 15) is 4.79 Å². The number of hydrogen-bond donors (Lipinski definition) is 1. The van der Waals surface area contributed by atoms with E-state index in [1.165, 1.54) is 12.7 Å². The summed E-state index contributed by atoms with van der Waals surface area (Å²) in [5.74, 6) is -0.218. The minimum Gasteiger partial charge on any atom is -0.468 e. The molecular formula is C10H12N2O2. The lowest BCUT2D eigenvalue weighted by Gasteiger charge is -2.21. The first-order chi connectivity index (χ1) is 6.79. The van der Waals surface area contributed by atoms with E-state index in [4.69, 9.17) is 0 Å². The van der Waals surface area contributed by atoms with E-state index < -0.39 is 0 Å². The molecule has 0 fully saturated rings. The number of H-pyrrole nitrogens is 1. The van der Waals surface area contributed by atoms with E-state index in [2.05, 4.69) is 9.72 Å². The number of hydrogen-bond acceptors (Lipinski definition) is 3. The Labute approximate surface area is 82.2 Å². The molecule has 0 amide bonds. The number of methoxy groups -OCH3 is 1. The minimum atomic E-state index is -0.218. The molecule has 1 aliphatic heterocycles. The summed E-state index contributed by atoms with van der Waals surface area (Å²) in [5.41, 5.74) is 2.32. The van der Waals surface area contributed by atoms with E-state index in [1.807, 2.05) is 29.4 Å². The zero-order chi connectivity index (χ0) is 9.97. The average Bonchev–Trinajstić information content (AvgIpc) is 2.64. The standard InChI is InChI=1S/C10H12N2O2/c1-14-10(13)7-12-5-3-8-2-4-11-9(8)6-12/h2-5,11H,6-7H2,1H3. The zero-order valence-corrected chi connectivity index (χ0v) is 7.99. The minimum absolute atomic E-state index is 0.218.